The van der Waals surface area contributed by atoms with Gasteiger partial charge in [-0.05, 0) is 128 Å². The van der Waals surface area contributed by atoms with Crippen LogP contribution in [-0.4, -0.2) is 9.13 Å². The molecule has 6 aromatic carbocycles. The van der Waals surface area contributed by atoms with Gasteiger partial charge in [0.15, 0.2) is 11.6 Å². The third-order valence-electron chi connectivity index (χ3n) is 11.9. The summed E-state index contributed by atoms with van der Waals surface area (Å²) in [6, 6.07) is 37.2. The van der Waals surface area contributed by atoms with Gasteiger partial charge in [0.25, 0.3) is 0 Å². The first-order valence-corrected chi connectivity index (χ1v) is 20.3. The summed E-state index contributed by atoms with van der Waals surface area (Å²) in [5, 5.41) is 15.8. The summed E-state index contributed by atoms with van der Waals surface area (Å²) < 4.78 is 34.0. The van der Waals surface area contributed by atoms with Gasteiger partial charge in [0.1, 0.15) is 11.6 Å². The van der Waals surface area contributed by atoms with Gasteiger partial charge in [0.2, 0.25) is 0 Å². The molecule has 0 amide bonds. The van der Waals surface area contributed by atoms with Crippen molar-refractivity contribution in [2.24, 2.45) is 0 Å². The molecule has 58 heavy (non-hydrogen) atoms. The third-order valence-corrected chi connectivity index (χ3v) is 11.9. The van der Waals surface area contributed by atoms with Crippen molar-refractivity contribution in [3.8, 4) is 28.6 Å². The molecule has 8 rings (SSSR count). The Hall–Kier alpha value is -5.73. The fraction of sp³-hybridized carbons (Fsp3) is 0.302. The van der Waals surface area contributed by atoms with Gasteiger partial charge in [0, 0.05) is 21.5 Å². The predicted octanol–water partition coefficient (Wildman–Crippen LogP) is 14.9. The Balaban J connectivity index is 1.55. The summed E-state index contributed by atoms with van der Waals surface area (Å²) in [6.45, 7) is 26.7. The monoisotopic (exact) mass is 769 g/mol. The topological polar surface area (TPSA) is 33.6 Å². The maximum atomic E-state index is 15.1. The molecule has 0 N–H and O–H groups in total. The number of rotatable bonds is 3. The van der Waals surface area contributed by atoms with Crippen LogP contribution in [0, 0.1) is 23.0 Å². The molecular weight excluding hydrogens is 717 g/mol. The molecule has 2 heterocycles. The van der Waals surface area contributed by atoms with Gasteiger partial charge in [0.05, 0.1) is 33.4 Å². The molecule has 0 radical (unpaired) electrons. The number of halogens is 2. The molecule has 2 aromatic heterocycles. The van der Waals surface area contributed by atoms with E-state index in [0.717, 1.165) is 43.6 Å². The van der Waals surface area contributed by atoms with Gasteiger partial charge < -0.3 is 9.13 Å². The molecule has 5 heteroatoms. The summed E-state index contributed by atoms with van der Waals surface area (Å²) in [5.41, 5.74) is 11.4. The standard InChI is InChI=1S/C53H53F2N3/c1-50(2,3)33-14-19-44-37(26-33)38-27-34(51(4,5)6)15-20-45(38)57(44)48-24-32(31-13-18-42(54)43(55)23-31)25-49(41(48)30-56)58-46-21-16-35(52(7,8)9)28-39(46)40-29-36(53(10,11)12)17-22-47(40)58/h13-29H,1-12H3. The molecule has 294 valence electrons. The van der Waals surface area contributed by atoms with Crippen molar-refractivity contribution in [3.05, 3.63) is 143 Å². The van der Waals surface area contributed by atoms with E-state index in [-0.39, 0.29) is 21.7 Å². The predicted molar refractivity (Wildman–Crippen MR) is 240 cm³/mol. The van der Waals surface area contributed by atoms with Crippen LogP contribution in [0.2, 0.25) is 0 Å². The van der Waals surface area contributed by atoms with E-state index in [1.165, 1.54) is 34.4 Å². The molecule has 3 nitrogen and oxygen atoms in total. The third kappa shape index (κ3) is 6.48. The molecule has 0 spiro atoms. The van der Waals surface area contributed by atoms with Crippen LogP contribution in [0.1, 0.15) is 111 Å². The molecule has 0 aliphatic heterocycles. The zero-order valence-corrected chi connectivity index (χ0v) is 35.9. The second kappa shape index (κ2) is 13.1. The zero-order valence-electron chi connectivity index (χ0n) is 35.9. The van der Waals surface area contributed by atoms with Crippen LogP contribution in [0.15, 0.2) is 103 Å². The van der Waals surface area contributed by atoms with Gasteiger partial charge in [-0.25, -0.2) is 8.78 Å². The van der Waals surface area contributed by atoms with Crippen LogP contribution < -0.4 is 0 Å². The molecule has 0 aliphatic carbocycles. The van der Waals surface area contributed by atoms with Crippen LogP contribution >= 0.6 is 0 Å². The van der Waals surface area contributed by atoms with Crippen LogP contribution in [0.25, 0.3) is 66.1 Å². The SMILES string of the molecule is CC(C)(C)c1ccc2c(c1)c1cc(C(C)(C)C)ccc1n2-c1cc(-c2ccc(F)c(F)c2)cc(-n2c3ccc(C(C)(C)C)cc3c3cc(C(C)(C)C)ccc32)c1C#N. The highest BCUT2D eigenvalue weighted by Gasteiger charge is 2.27. The number of hydrogen-bond donors (Lipinski definition) is 0. The van der Waals surface area contributed by atoms with Crippen molar-refractivity contribution >= 4 is 43.6 Å². The lowest BCUT2D eigenvalue weighted by Crippen LogP contribution is -2.11. The number of nitrogens with zero attached hydrogens (tertiary/aromatic N) is 3. The molecular formula is C53H53F2N3. The first-order valence-electron chi connectivity index (χ1n) is 20.3. The van der Waals surface area contributed by atoms with E-state index in [9.17, 15) is 9.65 Å². The van der Waals surface area contributed by atoms with Crippen LogP contribution in [0.3, 0.4) is 0 Å². The lowest BCUT2D eigenvalue weighted by Gasteiger charge is -2.21. The van der Waals surface area contributed by atoms with Crippen molar-refractivity contribution in [1.82, 2.24) is 9.13 Å². The van der Waals surface area contributed by atoms with Crippen molar-refractivity contribution in [3.63, 3.8) is 0 Å². The summed E-state index contributed by atoms with van der Waals surface area (Å²) in [6.07, 6.45) is 0. The minimum absolute atomic E-state index is 0.0853. The van der Waals surface area contributed by atoms with Gasteiger partial charge in [-0.15, -0.1) is 0 Å². The Kier molecular flexibility index (Phi) is 8.87. The van der Waals surface area contributed by atoms with E-state index >= 15 is 4.39 Å². The van der Waals surface area contributed by atoms with E-state index in [0.29, 0.717) is 28.1 Å². The van der Waals surface area contributed by atoms with Crippen molar-refractivity contribution in [2.45, 2.75) is 105 Å². The fourth-order valence-electron chi connectivity index (χ4n) is 8.35. The Morgan fingerprint density at radius 3 is 1.00 bits per heavy atom. The molecule has 0 saturated carbocycles. The summed E-state index contributed by atoms with van der Waals surface area (Å²) >= 11 is 0. The van der Waals surface area contributed by atoms with Crippen LogP contribution in [0.4, 0.5) is 8.78 Å². The van der Waals surface area contributed by atoms with Crippen LogP contribution in [-0.2, 0) is 21.7 Å². The molecule has 0 atom stereocenters. The number of fused-ring (bicyclic) bond motifs is 6. The zero-order chi connectivity index (χ0) is 41.9. The van der Waals surface area contributed by atoms with E-state index < -0.39 is 11.6 Å². The fourth-order valence-corrected chi connectivity index (χ4v) is 8.35. The van der Waals surface area contributed by atoms with E-state index in [1.54, 1.807) is 6.07 Å². The lowest BCUT2D eigenvalue weighted by molar-refractivity contribution is 0.509. The first-order chi connectivity index (χ1) is 27.1. The number of aromatic nitrogens is 2. The maximum Gasteiger partial charge on any atom is 0.159 e. The highest BCUT2D eigenvalue weighted by Crippen LogP contribution is 2.43. The second-order valence-corrected chi connectivity index (χ2v) is 20.2. The molecule has 8 aromatic rings. The lowest BCUT2D eigenvalue weighted by atomic mass is 9.85. The average Bonchev–Trinajstić information content (AvgIpc) is 3.65. The van der Waals surface area contributed by atoms with Gasteiger partial charge >= 0.3 is 0 Å². The number of nitriles is 1. The van der Waals surface area contributed by atoms with Gasteiger partial charge in [-0.2, -0.15) is 5.26 Å². The largest absolute Gasteiger partial charge is 0.308 e. The smallest absolute Gasteiger partial charge is 0.159 e. The Bertz CT molecular complexity index is 2700. The van der Waals surface area contributed by atoms with Gasteiger partial charge in [-0.1, -0.05) is 113 Å². The molecule has 0 saturated heterocycles. The Labute approximate surface area is 341 Å². The normalized spacial score (nSPS) is 13.0. The summed E-state index contributed by atoms with van der Waals surface area (Å²) in [5.74, 6) is -1.83. The minimum atomic E-state index is -0.924. The van der Waals surface area contributed by atoms with Crippen molar-refractivity contribution < 1.29 is 8.78 Å². The Morgan fingerprint density at radius 2 is 0.724 bits per heavy atom. The van der Waals surface area contributed by atoms with E-state index in [2.05, 4.69) is 171 Å². The minimum Gasteiger partial charge on any atom is -0.308 e. The second-order valence-electron chi connectivity index (χ2n) is 20.2. The quantitative estimate of drug-likeness (QED) is 0.176. The van der Waals surface area contributed by atoms with Gasteiger partial charge in [-0.3, -0.25) is 0 Å². The average molecular weight is 770 g/mol. The highest BCUT2D eigenvalue weighted by molar-refractivity contribution is 6.12. The van der Waals surface area contributed by atoms with Crippen LogP contribution in [0.5, 0.6) is 0 Å². The maximum absolute atomic E-state index is 15.1. The van der Waals surface area contributed by atoms with E-state index in [1.807, 2.05) is 12.1 Å². The Morgan fingerprint density at radius 1 is 0.397 bits per heavy atom. The van der Waals surface area contributed by atoms with Crippen molar-refractivity contribution in [2.75, 3.05) is 0 Å². The highest BCUT2D eigenvalue weighted by atomic mass is 19.2. The number of benzene rings is 6. The first kappa shape index (κ1) is 39.1. The molecule has 0 unspecified atom stereocenters. The molecule has 0 bridgehead atoms. The summed E-state index contributed by atoms with van der Waals surface area (Å²) in [7, 11) is 0. The molecule has 0 fully saturated rings. The number of hydrogen-bond acceptors (Lipinski definition) is 1. The molecule has 0 aliphatic rings. The summed E-state index contributed by atoms with van der Waals surface area (Å²) in [4.78, 5) is 0. The van der Waals surface area contributed by atoms with E-state index in [4.69, 9.17) is 0 Å². The van der Waals surface area contributed by atoms with Crippen molar-refractivity contribution in [1.29, 1.82) is 5.26 Å².